The first kappa shape index (κ1) is 21.4. The molecule has 2 aromatic rings. The Bertz CT molecular complexity index is 712. The van der Waals surface area contributed by atoms with Crippen molar-refractivity contribution in [3.63, 3.8) is 0 Å². The highest BCUT2D eigenvalue weighted by molar-refractivity contribution is 5.30. The number of rotatable bonds is 11. The summed E-state index contributed by atoms with van der Waals surface area (Å²) in [5.41, 5.74) is 4.66. The van der Waals surface area contributed by atoms with Crippen LogP contribution in [0.5, 0.6) is 5.75 Å². The van der Waals surface area contributed by atoms with Crippen LogP contribution in [-0.4, -0.2) is 11.7 Å². The molecule has 0 saturated carbocycles. The fraction of sp³-hybridized carbons (Fsp3) is 0.500. The summed E-state index contributed by atoms with van der Waals surface area (Å²) in [6.07, 6.45) is 6.78. The second kappa shape index (κ2) is 11.1. The van der Waals surface area contributed by atoms with Crippen LogP contribution in [0, 0.1) is 25.6 Å². The quantitative estimate of drug-likeness (QED) is 0.480. The van der Waals surface area contributed by atoms with Crippen molar-refractivity contribution in [2.24, 2.45) is 5.92 Å². The van der Waals surface area contributed by atoms with Crippen LogP contribution in [0.1, 0.15) is 61.3 Å². The number of aliphatic hydroxyl groups is 1. The number of aryl methyl sites for hydroxylation is 2. The van der Waals surface area contributed by atoms with Gasteiger partial charge in [-0.05, 0) is 73.4 Å². The van der Waals surface area contributed by atoms with Crippen molar-refractivity contribution >= 4 is 0 Å². The van der Waals surface area contributed by atoms with Crippen LogP contribution < -0.4 is 4.74 Å². The van der Waals surface area contributed by atoms with Gasteiger partial charge in [-0.2, -0.15) is 0 Å². The summed E-state index contributed by atoms with van der Waals surface area (Å²) in [5.74, 6) is 0.503. The minimum atomic E-state index is -0.404. The fourth-order valence-corrected chi connectivity index (χ4v) is 3.42. The molecule has 0 radical (unpaired) electrons. The standard InChI is InChI=1S/C24H33FO2/c1-4-5-7-20(15-21-10-9-18(2)19(3)14-21)8-6-13-27-24-12-11-22(17-26)16-23(24)25/h9-12,14,16,20,26H,4-8,13,15,17H2,1-3H3/t20-/m0/s1. The lowest BCUT2D eigenvalue weighted by atomic mass is 9.89. The van der Waals surface area contributed by atoms with Crippen molar-refractivity contribution in [1.82, 2.24) is 0 Å². The van der Waals surface area contributed by atoms with Crippen molar-refractivity contribution in [2.45, 2.75) is 65.9 Å². The molecule has 0 aliphatic heterocycles. The predicted octanol–water partition coefficient (Wildman–Crippen LogP) is 6.14. The van der Waals surface area contributed by atoms with E-state index in [0.717, 1.165) is 19.3 Å². The van der Waals surface area contributed by atoms with E-state index >= 15 is 0 Å². The summed E-state index contributed by atoms with van der Waals surface area (Å²) in [5, 5.41) is 9.04. The lowest BCUT2D eigenvalue weighted by Crippen LogP contribution is -2.08. The topological polar surface area (TPSA) is 29.5 Å². The van der Waals surface area contributed by atoms with Gasteiger partial charge in [0, 0.05) is 0 Å². The van der Waals surface area contributed by atoms with E-state index in [2.05, 4.69) is 39.0 Å². The summed E-state index contributed by atoms with van der Waals surface area (Å²) in [6.45, 7) is 6.91. The Morgan fingerprint density at radius 2 is 1.70 bits per heavy atom. The highest BCUT2D eigenvalue weighted by Crippen LogP contribution is 2.23. The molecule has 0 aromatic heterocycles. The van der Waals surface area contributed by atoms with Crippen molar-refractivity contribution in [2.75, 3.05) is 6.61 Å². The Morgan fingerprint density at radius 3 is 2.37 bits per heavy atom. The summed E-state index contributed by atoms with van der Waals surface area (Å²) in [7, 11) is 0. The third kappa shape index (κ3) is 6.99. The maximum absolute atomic E-state index is 13.9. The van der Waals surface area contributed by atoms with E-state index in [1.165, 1.54) is 42.0 Å². The molecule has 2 aromatic carbocycles. The minimum absolute atomic E-state index is 0.158. The van der Waals surface area contributed by atoms with Gasteiger partial charge < -0.3 is 9.84 Å². The van der Waals surface area contributed by atoms with Gasteiger partial charge in [-0.1, -0.05) is 50.5 Å². The molecule has 3 heteroatoms. The smallest absolute Gasteiger partial charge is 0.165 e. The van der Waals surface area contributed by atoms with Gasteiger partial charge in [0.05, 0.1) is 13.2 Å². The van der Waals surface area contributed by atoms with E-state index in [0.29, 0.717) is 18.1 Å². The third-order valence-corrected chi connectivity index (χ3v) is 5.25. The summed E-state index contributed by atoms with van der Waals surface area (Å²) >= 11 is 0. The second-order valence-corrected chi connectivity index (χ2v) is 7.54. The van der Waals surface area contributed by atoms with Crippen LogP contribution in [0.15, 0.2) is 36.4 Å². The highest BCUT2D eigenvalue weighted by Gasteiger charge is 2.11. The largest absolute Gasteiger partial charge is 0.491 e. The fourth-order valence-electron chi connectivity index (χ4n) is 3.42. The number of halogens is 1. The van der Waals surface area contributed by atoms with Crippen LogP contribution >= 0.6 is 0 Å². The lowest BCUT2D eigenvalue weighted by Gasteiger charge is -2.18. The van der Waals surface area contributed by atoms with Crippen LogP contribution in [0.2, 0.25) is 0 Å². The molecule has 0 unspecified atom stereocenters. The molecule has 0 aliphatic rings. The molecule has 1 N–H and O–H groups in total. The second-order valence-electron chi connectivity index (χ2n) is 7.54. The molecule has 2 rings (SSSR count). The van der Waals surface area contributed by atoms with Gasteiger partial charge in [0.1, 0.15) is 0 Å². The predicted molar refractivity (Wildman–Crippen MR) is 110 cm³/mol. The van der Waals surface area contributed by atoms with Gasteiger partial charge in [0.2, 0.25) is 0 Å². The van der Waals surface area contributed by atoms with E-state index in [-0.39, 0.29) is 12.4 Å². The van der Waals surface area contributed by atoms with E-state index < -0.39 is 5.82 Å². The maximum atomic E-state index is 13.9. The summed E-state index contributed by atoms with van der Waals surface area (Å²) in [4.78, 5) is 0. The van der Waals surface area contributed by atoms with Gasteiger partial charge in [0.15, 0.2) is 11.6 Å². The van der Waals surface area contributed by atoms with Crippen molar-refractivity contribution in [3.05, 3.63) is 64.5 Å². The lowest BCUT2D eigenvalue weighted by molar-refractivity contribution is 0.270. The van der Waals surface area contributed by atoms with Crippen LogP contribution in [0.4, 0.5) is 4.39 Å². The van der Waals surface area contributed by atoms with Gasteiger partial charge in [-0.15, -0.1) is 0 Å². The van der Waals surface area contributed by atoms with E-state index in [1.807, 2.05) is 0 Å². The van der Waals surface area contributed by atoms with E-state index in [9.17, 15) is 4.39 Å². The molecular weight excluding hydrogens is 339 g/mol. The Balaban J connectivity index is 1.85. The number of hydrogen-bond donors (Lipinski definition) is 1. The van der Waals surface area contributed by atoms with Crippen molar-refractivity contribution in [3.8, 4) is 5.75 Å². The van der Waals surface area contributed by atoms with Crippen molar-refractivity contribution < 1.29 is 14.2 Å². The summed E-state index contributed by atoms with van der Waals surface area (Å²) in [6, 6.07) is 11.4. The number of aliphatic hydroxyl groups excluding tert-OH is 1. The number of hydrogen-bond acceptors (Lipinski definition) is 2. The molecule has 27 heavy (non-hydrogen) atoms. The monoisotopic (exact) mass is 372 g/mol. The molecule has 0 amide bonds. The first-order chi connectivity index (χ1) is 13.0. The van der Waals surface area contributed by atoms with E-state index in [4.69, 9.17) is 9.84 Å². The number of ether oxygens (including phenoxy) is 1. The average Bonchev–Trinajstić information content (AvgIpc) is 2.66. The first-order valence-corrected chi connectivity index (χ1v) is 10.1. The molecule has 0 saturated heterocycles. The molecule has 0 fully saturated rings. The minimum Gasteiger partial charge on any atom is -0.491 e. The summed E-state index contributed by atoms with van der Waals surface area (Å²) < 4.78 is 19.5. The van der Waals surface area contributed by atoms with Gasteiger partial charge in [-0.25, -0.2) is 4.39 Å². The molecule has 2 nitrogen and oxygen atoms in total. The molecule has 1 atom stereocenters. The van der Waals surface area contributed by atoms with Crippen LogP contribution in [0.25, 0.3) is 0 Å². The van der Waals surface area contributed by atoms with Gasteiger partial charge >= 0.3 is 0 Å². The molecule has 0 heterocycles. The van der Waals surface area contributed by atoms with E-state index in [1.54, 1.807) is 12.1 Å². The molecular formula is C24H33FO2. The van der Waals surface area contributed by atoms with Gasteiger partial charge in [0.25, 0.3) is 0 Å². The molecule has 0 bridgehead atoms. The number of benzene rings is 2. The Kier molecular flexibility index (Phi) is 8.80. The molecule has 148 valence electrons. The van der Waals surface area contributed by atoms with Crippen LogP contribution in [0.3, 0.4) is 0 Å². The Labute approximate surface area is 163 Å². The average molecular weight is 373 g/mol. The normalized spacial score (nSPS) is 12.2. The zero-order valence-electron chi connectivity index (χ0n) is 16.9. The van der Waals surface area contributed by atoms with Gasteiger partial charge in [-0.3, -0.25) is 0 Å². The highest BCUT2D eigenvalue weighted by atomic mass is 19.1. The Morgan fingerprint density at radius 1 is 0.963 bits per heavy atom. The SMILES string of the molecule is CCCC[C@@H](CCCOc1ccc(CO)cc1F)Cc1ccc(C)c(C)c1. The van der Waals surface area contributed by atoms with Crippen LogP contribution in [-0.2, 0) is 13.0 Å². The zero-order valence-corrected chi connectivity index (χ0v) is 16.9. The molecule has 0 aliphatic carbocycles. The first-order valence-electron chi connectivity index (χ1n) is 10.1. The third-order valence-electron chi connectivity index (χ3n) is 5.25. The number of unbranched alkanes of at least 4 members (excludes halogenated alkanes) is 1. The Hall–Kier alpha value is -1.87. The maximum Gasteiger partial charge on any atom is 0.165 e. The molecule has 0 spiro atoms. The van der Waals surface area contributed by atoms with Crippen molar-refractivity contribution in [1.29, 1.82) is 0 Å². The zero-order chi connectivity index (χ0) is 19.6.